The van der Waals surface area contributed by atoms with Crippen LogP contribution in [0.3, 0.4) is 0 Å². The number of ether oxygens (including phenoxy) is 2. The zero-order valence-corrected chi connectivity index (χ0v) is 38.3. The number of hydrogen-bond donors (Lipinski definition) is 5. The van der Waals surface area contributed by atoms with Crippen LogP contribution in [0.15, 0.2) is 54.7 Å². The van der Waals surface area contributed by atoms with Gasteiger partial charge in [0.05, 0.1) is 43.4 Å². The summed E-state index contributed by atoms with van der Waals surface area (Å²) in [6.45, 7) is 10.2. The van der Waals surface area contributed by atoms with Gasteiger partial charge in [0.2, 0.25) is 5.91 Å². The Morgan fingerprint density at radius 2 is 1.52 bits per heavy atom. The first-order valence-corrected chi connectivity index (χ1v) is 23.3. The molecule has 2 aliphatic carbocycles. The topological polar surface area (TPSA) is 179 Å². The van der Waals surface area contributed by atoms with Crippen molar-refractivity contribution in [3.05, 3.63) is 77.5 Å². The molecular weight excluding hydrogens is 807 g/mol. The predicted molar refractivity (Wildman–Crippen MR) is 248 cm³/mol. The Balaban J connectivity index is 0.956. The third-order valence-corrected chi connectivity index (χ3v) is 13.9. The van der Waals surface area contributed by atoms with Crippen LogP contribution in [0.2, 0.25) is 0 Å². The third-order valence-electron chi connectivity index (χ3n) is 13.9. The van der Waals surface area contributed by atoms with Crippen LogP contribution < -0.4 is 16.0 Å². The van der Waals surface area contributed by atoms with Crippen molar-refractivity contribution in [1.29, 1.82) is 0 Å². The van der Waals surface area contributed by atoms with Gasteiger partial charge < -0.3 is 40.3 Å². The molecule has 1 aliphatic heterocycles. The van der Waals surface area contributed by atoms with Gasteiger partial charge in [0, 0.05) is 31.1 Å². The van der Waals surface area contributed by atoms with E-state index >= 15 is 0 Å². The fraction of sp³-hybridized carbons (Fsp3) is 0.520. The lowest BCUT2D eigenvalue weighted by atomic mass is 9.82. The molecule has 2 aromatic carbocycles. The van der Waals surface area contributed by atoms with Crippen molar-refractivity contribution in [3.63, 3.8) is 0 Å². The molecule has 14 nitrogen and oxygen atoms in total. The number of unbranched alkanes of at least 4 members (excludes halogenated alkanes) is 1. The summed E-state index contributed by atoms with van der Waals surface area (Å²) >= 11 is 0. The largest absolute Gasteiger partial charge is 0.453 e. The van der Waals surface area contributed by atoms with Crippen molar-refractivity contribution in [2.24, 2.45) is 17.3 Å². The number of carbonyl (C=O) groups is 3. The molecule has 1 saturated heterocycles. The molecule has 1 saturated carbocycles. The molecule has 3 atom stereocenters. The number of H-pyrrole nitrogens is 2. The number of methoxy groups -OCH3 is 2. The lowest BCUT2D eigenvalue weighted by Gasteiger charge is -2.30. The quantitative estimate of drug-likeness (QED) is 0.0607. The van der Waals surface area contributed by atoms with E-state index in [-0.39, 0.29) is 23.9 Å². The zero-order valence-electron chi connectivity index (χ0n) is 38.3. The van der Waals surface area contributed by atoms with Gasteiger partial charge in [0.25, 0.3) is 0 Å². The van der Waals surface area contributed by atoms with Crippen LogP contribution in [0, 0.1) is 17.3 Å². The number of alkyl carbamates (subject to hydrolysis) is 2. The van der Waals surface area contributed by atoms with Gasteiger partial charge in [-0.2, -0.15) is 0 Å². The van der Waals surface area contributed by atoms with E-state index in [4.69, 9.17) is 24.4 Å². The molecule has 14 heteroatoms. The summed E-state index contributed by atoms with van der Waals surface area (Å²) in [6.07, 6.45) is 12.6. The van der Waals surface area contributed by atoms with Crippen LogP contribution in [-0.2, 0) is 33.5 Å². The smallest absolute Gasteiger partial charge is 0.407 e. The van der Waals surface area contributed by atoms with E-state index in [0.717, 1.165) is 91.3 Å². The second kappa shape index (κ2) is 19.5. The summed E-state index contributed by atoms with van der Waals surface area (Å²) < 4.78 is 9.58. The van der Waals surface area contributed by atoms with E-state index in [1.54, 1.807) is 0 Å². The molecule has 1 spiro atoms. The Morgan fingerprint density at radius 1 is 0.812 bits per heavy atom. The summed E-state index contributed by atoms with van der Waals surface area (Å²) in [5.41, 5.74) is 11.5. The Labute approximate surface area is 376 Å². The first-order chi connectivity index (χ1) is 31.0. The number of amides is 3. The Kier molecular flexibility index (Phi) is 13.7. The number of aryl methyl sites for hydroxylation is 1. The molecule has 4 heterocycles. The Bertz CT molecular complexity index is 2430. The number of hydrogen-bond acceptors (Lipinski definition) is 9. The lowest BCUT2D eigenvalue weighted by molar-refractivity contribution is -0.135. The van der Waals surface area contributed by atoms with Crippen molar-refractivity contribution in [2.75, 3.05) is 33.9 Å². The summed E-state index contributed by atoms with van der Waals surface area (Å²) in [7, 11) is 2.70. The summed E-state index contributed by atoms with van der Waals surface area (Å²) in [6, 6.07) is 16.7. The third kappa shape index (κ3) is 9.67. The van der Waals surface area contributed by atoms with E-state index < -0.39 is 18.2 Å². The first-order valence-electron chi connectivity index (χ1n) is 23.3. The fourth-order valence-electron chi connectivity index (χ4n) is 10.2. The molecular formula is C50H65N9O5. The molecule has 3 aliphatic rings. The van der Waals surface area contributed by atoms with Crippen LogP contribution in [0.1, 0.15) is 108 Å². The van der Waals surface area contributed by atoms with Gasteiger partial charge in [-0.3, -0.25) is 4.79 Å². The Morgan fingerprint density at radius 3 is 2.23 bits per heavy atom. The molecule has 3 unspecified atom stereocenters. The monoisotopic (exact) mass is 872 g/mol. The van der Waals surface area contributed by atoms with Crippen molar-refractivity contribution in [3.8, 4) is 33.6 Å². The van der Waals surface area contributed by atoms with Crippen LogP contribution in [0.5, 0.6) is 0 Å². The predicted octanol–water partition coefficient (Wildman–Crippen LogP) is 8.68. The van der Waals surface area contributed by atoms with Gasteiger partial charge in [-0.05, 0) is 115 Å². The summed E-state index contributed by atoms with van der Waals surface area (Å²) in [4.78, 5) is 61.2. The second-order valence-electron chi connectivity index (χ2n) is 18.9. The highest BCUT2D eigenvalue weighted by molar-refractivity contribution is 5.86. The highest BCUT2D eigenvalue weighted by atomic mass is 16.5. The number of aromatic amines is 2. The molecule has 3 amide bonds. The van der Waals surface area contributed by atoms with Crippen LogP contribution >= 0.6 is 0 Å². The minimum absolute atomic E-state index is 0.0136. The minimum atomic E-state index is -0.677. The standard InChI is InChI=1S/C50H65N9O5/c1-30(2)40(56-48(61)63-5)28-51-24-10-7-13-43-53-39-21-20-38(54-45(39)57-43)35-19-18-34(36-26-50(27-37(35)36)22-8-9-23-50)32-14-16-33(17-15-32)41-29-52-46(55-41)42-12-11-25-59(42)47(60)44(31(3)4)58-49(62)64-6/h14-21,29-31,40,42,44,51H,7-13,22-28H2,1-6H3,(H,52,55)(H,56,61)(H,58,62)(H,53,54,57). The van der Waals surface area contributed by atoms with Gasteiger partial charge in [0.1, 0.15) is 17.7 Å². The van der Waals surface area contributed by atoms with Gasteiger partial charge in [-0.1, -0.05) is 76.9 Å². The number of nitrogens with zero attached hydrogens (tertiary/aromatic N) is 4. The second-order valence-corrected chi connectivity index (χ2v) is 18.9. The van der Waals surface area contributed by atoms with E-state index in [1.807, 2.05) is 24.9 Å². The van der Waals surface area contributed by atoms with Gasteiger partial charge in [0.15, 0.2) is 5.65 Å². The fourth-order valence-corrected chi connectivity index (χ4v) is 10.2. The van der Waals surface area contributed by atoms with E-state index in [9.17, 15) is 14.4 Å². The average molecular weight is 872 g/mol. The van der Waals surface area contributed by atoms with Gasteiger partial charge in [-0.15, -0.1) is 0 Å². The zero-order chi connectivity index (χ0) is 45.0. The van der Waals surface area contributed by atoms with Gasteiger partial charge in [-0.25, -0.2) is 24.5 Å². The molecule has 0 bridgehead atoms. The molecule has 5 N–H and O–H groups in total. The van der Waals surface area contributed by atoms with Crippen LogP contribution in [0.4, 0.5) is 9.59 Å². The lowest BCUT2D eigenvalue weighted by Crippen LogP contribution is -2.51. The van der Waals surface area contributed by atoms with Crippen molar-refractivity contribution >= 4 is 29.3 Å². The number of rotatable bonds is 16. The molecule has 340 valence electrons. The van der Waals surface area contributed by atoms with Crippen molar-refractivity contribution in [1.82, 2.24) is 45.8 Å². The van der Waals surface area contributed by atoms with E-state index in [1.165, 1.54) is 67.7 Å². The molecule has 5 aromatic rings. The number of pyridine rings is 1. The van der Waals surface area contributed by atoms with Gasteiger partial charge >= 0.3 is 12.2 Å². The molecule has 2 fully saturated rings. The Hall–Kier alpha value is -5.76. The van der Waals surface area contributed by atoms with Crippen molar-refractivity contribution in [2.45, 2.75) is 116 Å². The maximum atomic E-state index is 13.7. The summed E-state index contributed by atoms with van der Waals surface area (Å²) in [5.74, 6) is 1.79. The maximum Gasteiger partial charge on any atom is 0.407 e. The minimum Gasteiger partial charge on any atom is -0.453 e. The maximum absolute atomic E-state index is 13.7. The van der Waals surface area contributed by atoms with E-state index in [0.29, 0.717) is 24.4 Å². The number of carbonyl (C=O) groups excluding carboxylic acids is 3. The highest BCUT2D eigenvalue weighted by Gasteiger charge is 2.42. The molecule has 64 heavy (non-hydrogen) atoms. The molecule has 8 rings (SSSR count). The van der Waals surface area contributed by atoms with Crippen LogP contribution in [-0.4, -0.2) is 93.9 Å². The number of fused-ring (bicyclic) bond motifs is 2. The number of likely N-dealkylation sites (tertiary alicyclic amines) is 1. The molecule has 3 aromatic heterocycles. The number of benzene rings is 2. The number of imidazole rings is 2. The number of nitrogens with one attached hydrogen (secondary N) is 5. The van der Waals surface area contributed by atoms with E-state index in [2.05, 4.69) is 88.3 Å². The normalized spacial score (nSPS) is 17.6. The number of aromatic nitrogens is 5. The van der Waals surface area contributed by atoms with Crippen LogP contribution in [0.25, 0.3) is 44.8 Å². The summed E-state index contributed by atoms with van der Waals surface area (Å²) in [5, 5.41) is 9.12. The highest BCUT2D eigenvalue weighted by Crippen LogP contribution is 2.53. The SMILES string of the molecule is COC(=O)NC(CNCCCCc1nc2nc(-c3ccc(-c4ccc(-c5cnc(C6CCCN6C(=O)C(NC(=O)OC)C(C)C)[nH]5)cc4)c4c3CC3(CCCC3)C4)ccc2[nH]1)C(C)C. The van der Waals surface area contributed by atoms with Crippen molar-refractivity contribution < 1.29 is 23.9 Å². The molecule has 0 radical (unpaired) electrons. The average Bonchev–Trinajstić information content (AvgIpc) is 4.16. The first kappa shape index (κ1) is 44.8.